The lowest BCUT2D eigenvalue weighted by atomic mass is 10.1. The van der Waals surface area contributed by atoms with Gasteiger partial charge in [0.05, 0.1) is 23.9 Å². The topological polar surface area (TPSA) is 65.0 Å². The highest BCUT2D eigenvalue weighted by molar-refractivity contribution is 14.1. The summed E-state index contributed by atoms with van der Waals surface area (Å²) in [5, 5.41) is 0.550. The van der Waals surface area contributed by atoms with Crippen LogP contribution in [0.5, 0.6) is 0 Å². The van der Waals surface area contributed by atoms with Crippen molar-refractivity contribution >= 4 is 58.0 Å². The number of hydrogen-bond acceptors (Lipinski definition) is 5. The first-order valence-electron chi connectivity index (χ1n) is 6.32. The zero-order valence-corrected chi connectivity index (χ0v) is 14.6. The van der Waals surface area contributed by atoms with E-state index in [1.54, 1.807) is 32.0 Å². The number of rotatable bonds is 6. The first kappa shape index (κ1) is 17.9. The van der Waals surface area contributed by atoms with Crippen LogP contribution in [0.1, 0.15) is 13.8 Å². The Balaban J connectivity index is 2.93. The zero-order valence-electron chi connectivity index (χ0n) is 11.6. The zero-order chi connectivity index (χ0) is 15.8. The van der Waals surface area contributed by atoms with Crippen molar-refractivity contribution in [2.24, 2.45) is 10.9 Å². The van der Waals surface area contributed by atoms with Gasteiger partial charge in [-0.1, -0.05) is 11.6 Å². The normalized spacial score (nSPS) is 10.9. The largest absolute Gasteiger partial charge is 0.465 e. The van der Waals surface area contributed by atoms with Gasteiger partial charge in [0.15, 0.2) is 5.92 Å². The molecular formula is C14H15ClINO4. The quantitative estimate of drug-likeness (QED) is 0.304. The van der Waals surface area contributed by atoms with Crippen LogP contribution < -0.4 is 0 Å². The molecule has 7 heteroatoms. The number of hydrogen-bond donors (Lipinski definition) is 0. The maximum absolute atomic E-state index is 11.8. The van der Waals surface area contributed by atoms with Gasteiger partial charge in [-0.05, 0) is 54.6 Å². The van der Waals surface area contributed by atoms with E-state index in [0.717, 1.165) is 3.57 Å². The minimum Gasteiger partial charge on any atom is -0.465 e. The minimum atomic E-state index is -1.18. The summed E-state index contributed by atoms with van der Waals surface area (Å²) in [5.41, 5.74) is 0.541. The molecule has 0 saturated carbocycles. The number of esters is 2. The van der Waals surface area contributed by atoms with E-state index in [0.29, 0.717) is 10.7 Å². The molecule has 0 aliphatic rings. The molecule has 0 atom stereocenters. The van der Waals surface area contributed by atoms with Crippen molar-refractivity contribution in [3.63, 3.8) is 0 Å². The molecule has 21 heavy (non-hydrogen) atoms. The van der Waals surface area contributed by atoms with E-state index in [9.17, 15) is 9.59 Å². The van der Waals surface area contributed by atoms with Crippen LogP contribution in [0, 0.1) is 9.49 Å². The van der Waals surface area contributed by atoms with Crippen LogP contribution in [0.25, 0.3) is 0 Å². The van der Waals surface area contributed by atoms with Crippen LogP contribution >= 0.6 is 34.2 Å². The molecule has 1 rings (SSSR count). The van der Waals surface area contributed by atoms with Crippen LogP contribution in [0.2, 0.25) is 5.02 Å². The molecule has 0 saturated heterocycles. The van der Waals surface area contributed by atoms with Gasteiger partial charge in [0, 0.05) is 9.78 Å². The summed E-state index contributed by atoms with van der Waals surface area (Å²) < 4.78 is 10.6. The predicted molar refractivity (Wildman–Crippen MR) is 89.1 cm³/mol. The van der Waals surface area contributed by atoms with Crippen LogP contribution in [-0.2, 0) is 19.1 Å². The van der Waals surface area contributed by atoms with E-state index in [1.165, 1.54) is 6.21 Å². The van der Waals surface area contributed by atoms with Gasteiger partial charge in [-0.25, -0.2) is 0 Å². The molecule has 0 amide bonds. The van der Waals surface area contributed by atoms with Crippen molar-refractivity contribution in [2.45, 2.75) is 13.8 Å². The molecule has 0 aliphatic heterocycles. The molecular weight excluding hydrogens is 409 g/mol. The maximum Gasteiger partial charge on any atom is 0.325 e. The fraction of sp³-hybridized carbons (Fsp3) is 0.357. The average molecular weight is 424 g/mol. The lowest BCUT2D eigenvalue weighted by Crippen LogP contribution is -2.29. The van der Waals surface area contributed by atoms with Crippen molar-refractivity contribution in [3.8, 4) is 0 Å². The van der Waals surface area contributed by atoms with Gasteiger partial charge in [-0.3, -0.25) is 14.6 Å². The Labute approximate surface area is 141 Å². The Hall–Kier alpha value is -1.15. The van der Waals surface area contributed by atoms with E-state index < -0.39 is 17.9 Å². The molecule has 0 bridgehead atoms. The summed E-state index contributed by atoms with van der Waals surface area (Å²) in [7, 11) is 0. The second-order valence-corrected chi connectivity index (χ2v) is 5.43. The molecule has 0 fully saturated rings. The molecule has 0 radical (unpaired) electrons. The molecule has 0 spiro atoms. The van der Waals surface area contributed by atoms with Crippen LogP contribution in [0.4, 0.5) is 5.69 Å². The summed E-state index contributed by atoms with van der Waals surface area (Å²) >= 11 is 8.08. The minimum absolute atomic E-state index is 0.179. The summed E-state index contributed by atoms with van der Waals surface area (Å²) in [6.45, 7) is 3.68. The van der Waals surface area contributed by atoms with Gasteiger partial charge in [0.25, 0.3) is 0 Å². The number of halogens is 2. The summed E-state index contributed by atoms with van der Waals surface area (Å²) in [5.74, 6) is -2.55. The van der Waals surface area contributed by atoms with Crippen LogP contribution in [-0.4, -0.2) is 31.4 Å². The molecule has 5 nitrogen and oxygen atoms in total. The standard InChI is InChI=1S/C14H15ClINO4/c1-3-20-13(18)10(14(19)21-4-2)8-17-9-5-6-12(16)11(15)7-9/h5-8,10H,3-4H2,1-2H3. The molecule has 0 N–H and O–H groups in total. The van der Waals surface area contributed by atoms with Crippen molar-refractivity contribution in [1.82, 2.24) is 0 Å². The highest BCUT2D eigenvalue weighted by Crippen LogP contribution is 2.24. The monoisotopic (exact) mass is 423 g/mol. The maximum atomic E-state index is 11.8. The Morgan fingerprint density at radius 3 is 2.33 bits per heavy atom. The second kappa shape index (κ2) is 8.99. The van der Waals surface area contributed by atoms with E-state index in [4.69, 9.17) is 21.1 Å². The first-order valence-corrected chi connectivity index (χ1v) is 7.77. The predicted octanol–water partition coefficient (Wildman–Crippen LogP) is 3.39. The van der Waals surface area contributed by atoms with Crippen molar-refractivity contribution in [2.75, 3.05) is 13.2 Å². The average Bonchev–Trinajstić information content (AvgIpc) is 2.43. The molecule has 1 aromatic carbocycles. The summed E-state index contributed by atoms with van der Waals surface area (Å²) in [6.07, 6.45) is 1.22. The van der Waals surface area contributed by atoms with Crippen LogP contribution in [0.3, 0.4) is 0 Å². The summed E-state index contributed by atoms with van der Waals surface area (Å²) in [6, 6.07) is 5.17. The highest BCUT2D eigenvalue weighted by atomic mass is 127. The van der Waals surface area contributed by atoms with E-state index in [1.807, 2.05) is 0 Å². The van der Waals surface area contributed by atoms with E-state index >= 15 is 0 Å². The smallest absolute Gasteiger partial charge is 0.325 e. The van der Waals surface area contributed by atoms with Gasteiger partial charge in [-0.15, -0.1) is 0 Å². The van der Waals surface area contributed by atoms with E-state index in [2.05, 4.69) is 27.6 Å². The van der Waals surface area contributed by atoms with Crippen molar-refractivity contribution < 1.29 is 19.1 Å². The second-order valence-electron chi connectivity index (χ2n) is 3.86. The lowest BCUT2D eigenvalue weighted by Gasteiger charge is -2.10. The number of carbonyl (C=O) groups excluding carboxylic acids is 2. The van der Waals surface area contributed by atoms with Gasteiger partial charge >= 0.3 is 11.9 Å². The van der Waals surface area contributed by atoms with Crippen molar-refractivity contribution in [1.29, 1.82) is 0 Å². The third-order valence-electron chi connectivity index (χ3n) is 2.36. The number of benzene rings is 1. The molecule has 0 aromatic heterocycles. The number of aliphatic imine (C=N–C) groups is 1. The highest BCUT2D eigenvalue weighted by Gasteiger charge is 2.27. The van der Waals surface area contributed by atoms with E-state index in [-0.39, 0.29) is 13.2 Å². The Bertz CT molecular complexity index is 530. The Kier molecular flexibility index (Phi) is 7.66. The van der Waals surface area contributed by atoms with Gasteiger partial charge in [-0.2, -0.15) is 0 Å². The lowest BCUT2D eigenvalue weighted by molar-refractivity contribution is -0.157. The fourth-order valence-electron chi connectivity index (χ4n) is 1.41. The first-order chi connectivity index (χ1) is 9.99. The number of ether oxygens (including phenoxy) is 2. The van der Waals surface area contributed by atoms with Gasteiger partial charge in [0.2, 0.25) is 0 Å². The molecule has 0 unspecified atom stereocenters. The van der Waals surface area contributed by atoms with Gasteiger partial charge in [0.1, 0.15) is 0 Å². The van der Waals surface area contributed by atoms with Crippen LogP contribution in [0.15, 0.2) is 23.2 Å². The SMILES string of the molecule is CCOC(=O)C(C=Nc1ccc(I)c(Cl)c1)C(=O)OCC. The summed E-state index contributed by atoms with van der Waals surface area (Å²) in [4.78, 5) is 27.6. The Morgan fingerprint density at radius 1 is 1.29 bits per heavy atom. The third kappa shape index (κ3) is 5.62. The number of nitrogens with zero attached hydrogens (tertiary/aromatic N) is 1. The van der Waals surface area contributed by atoms with Gasteiger partial charge < -0.3 is 9.47 Å². The van der Waals surface area contributed by atoms with Crippen molar-refractivity contribution in [3.05, 3.63) is 26.8 Å². The third-order valence-corrected chi connectivity index (χ3v) is 3.93. The molecule has 1 aromatic rings. The molecule has 0 aliphatic carbocycles. The molecule has 114 valence electrons. The fourth-order valence-corrected chi connectivity index (χ4v) is 1.92. The molecule has 0 heterocycles. The number of carbonyl (C=O) groups is 2. The Morgan fingerprint density at radius 2 is 1.86 bits per heavy atom.